The molecule has 0 unspecified atom stereocenters. The van der Waals surface area contributed by atoms with Gasteiger partial charge in [-0.15, -0.1) is 5.06 Å². The summed E-state index contributed by atoms with van der Waals surface area (Å²) in [5.41, 5.74) is 0.523. The third-order valence-corrected chi connectivity index (χ3v) is 2.22. The van der Waals surface area contributed by atoms with Crippen LogP contribution < -0.4 is 0 Å². The van der Waals surface area contributed by atoms with E-state index in [1.54, 1.807) is 24.3 Å². The molecule has 2 rings (SSSR count). The maximum absolute atomic E-state index is 11.2. The summed E-state index contributed by atoms with van der Waals surface area (Å²) in [4.78, 5) is 27.4. The Hall–Kier alpha value is -2.17. The lowest BCUT2D eigenvalue weighted by Crippen LogP contribution is -2.32. The zero-order chi connectivity index (χ0) is 11.5. The highest BCUT2D eigenvalue weighted by Gasteiger charge is 2.32. The van der Waals surface area contributed by atoms with Crippen molar-refractivity contribution in [2.75, 3.05) is 0 Å². The van der Waals surface area contributed by atoms with Gasteiger partial charge in [0, 0.05) is 18.4 Å². The number of rotatable bonds is 2. The van der Waals surface area contributed by atoms with Crippen LogP contribution in [0.15, 0.2) is 30.3 Å². The molecule has 1 aliphatic heterocycles. The highest BCUT2D eigenvalue weighted by atomic mass is 16.7. The van der Waals surface area contributed by atoms with Crippen LogP contribution in [0.25, 0.3) is 0 Å². The molecule has 1 saturated heterocycles. The normalized spacial score (nSPS) is 15.4. The van der Waals surface area contributed by atoms with E-state index in [1.165, 1.54) is 0 Å². The van der Waals surface area contributed by atoms with Crippen LogP contribution in [-0.4, -0.2) is 22.8 Å². The number of imide groups is 1. The quantitative estimate of drug-likeness (QED) is 0.459. The van der Waals surface area contributed by atoms with Crippen molar-refractivity contribution >= 4 is 17.7 Å². The number of hydrogen-bond acceptors (Lipinski definition) is 4. The van der Waals surface area contributed by atoms with Gasteiger partial charge in [0.1, 0.15) is 0 Å². The van der Waals surface area contributed by atoms with E-state index >= 15 is 0 Å². The molecule has 0 radical (unpaired) electrons. The average molecular weight is 218 g/mol. The summed E-state index contributed by atoms with van der Waals surface area (Å²) in [6.07, 6.45) is 0.307. The molecule has 2 amide bonds. The van der Waals surface area contributed by atoms with E-state index in [4.69, 9.17) is 10.2 Å². The largest absolute Gasteiger partial charge is 0.349 e. The Labute approximate surface area is 92.1 Å². The standard InChI is InChI=1S/C11H10N2O3/c12-11(8-4-2-1-3-5-8)16-13-9(14)6-7-10(13)15/h1-5,12H,6-7H2. The van der Waals surface area contributed by atoms with Crippen molar-refractivity contribution in [3.05, 3.63) is 35.9 Å². The number of hydroxylamine groups is 2. The zero-order valence-electron chi connectivity index (χ0n) is 8.47. The molecule has 0 saturated carbocycles. The second-order valence-corrected chi connectivity index (χ2v) is 3.37. The van der Waals surface area contributed by atoms with E-state index in [9.17, 15) is 9.59 Å². The van der Waals surface area contributed by atoms with E-state index in [0.717, 1.165) is 0 Å². The summed E-state index contributed by atoms with van der Waals surface area (Å²) >= 11 is 0. The summed E-state index contributed by atoms with van der Waals surface area (Å²) in [5.74, 6) is -0.999. The molecular formula is C11H10N2O3. The molecule has 0 spiro atoms. The van der Waals surface area contributed by atoms with Crippen molar-refractivity contribution in [3.63, 3.8) is 0 Å². The lowest BCUT2D eigenvalue weighted by atomic mass is 10.2. The molecule has 0 bridgehead atoms. The number of benzene rings is 1. The highest BCUT2D eigenvalue weighted by Crippen LogP contribution is 2.13. The third kappa shape index (κ3) is 1.93. The molecule has 1 aliphatic rings. The summed E-state index contributed by atoms with van der Waals surface area (Å²) in [6, 6.07) is 8.66. The molecule has 1 aromatic rings. The molecule has 0 aromatic heterocycles. The van der Waals surface area contributed by atoms with Gasteiger partial charge in [0.2, 0.25) is 5.90 Å². The van der Waals surface area contributed by atoms with E-state index < -0.39 is 11.8 Å². The first-order valence-corrected chi connectivity index (χ1v) is 4.86. The topological polar surface area (TPSA) is 70.5 Å². The van der Waals surface area contributed by atoms with Gasteiger partial charge in [-0.05, 0) is 12.1 Å². The molecule has 82 valence electrons. The van der Waals surface area contributed by atoms with Crippen LogP contribution in [0.3, 0.4) is 0 Å². The molecule has 5 heteroatoms. The SMILES string of the molecule is N=C(ON1C(=O)CCC1=O)c1ccccc1. The number of nitrogens with zero attached hydrogens (tertiary/aromatic N) is 1. The van der Waals surface area contributed by atoms with Gasteiger partial charge < -0.3 is 4.84 Å². The minimum Gasteiger partial charge on any atom is -0.349 e. The molecule has 1 fully saturated rings. The van der Waals surface area contributed by atoms with Crippen molar-refractivity contribution in [1.82, 2.24) is 5.06 Å². The minimum absolute atomic E-state index is 0.154. The van der Waals surface area contributed by atoms with Gasteiger partial charge in [0.05, 0.1) is 0 Å². The predicted octanol–water partition coefficient (Wildman–Crippen LogP) is 1.09. The summed E-state index contributed by atoms with van der Waals surface area (Å²) in [6.45, 7) is 0. The van der Waals surface area contributed by atoms with Crippen LogP contribution in [0.4, 0.5) is 0 Å². The lowest BCUT2D eigenvalue weighted by Gasteiger charge is -2.14. The van der Waals surface area contributed by atoms with E-state index in [-0.39, 0.29) is 18.7 Å². The van der Waals surface area contributed by atoms with Crippen molar-refractivity contribution < 1.29 is 14.4 Å². The van der Waals surface area contributed by atoms with Gasteiger partial charge in [0.25, 0.3) is 11.8 Å². The van der Waals surface area contributed by atoms with Crippen molar-refractivity contribution in [2.24, 2.45) is 0 Å². The molecule has 1 heterocycles. The highest BCUT2D eigenvalue weighted by molar-refractivity contribution is 6.03. The van der Waals surface area contributed by atoms with Crippen molar-refractivity contribution in [2.45, 2.75) is 12.8 Å². The first-order valence-electron chi connectivity index (χ1n) is 4.86. The van der Waals surface area contributed by atoms with Gasteiger partial charge in [0.15, 0.2) is 0 Å². The fourth-order valence-electron chi connectivity index (χ4n) is 1.39. The Balaban J connectivity index is 2.08. The fourth-order valence-corrected chi connectivity index (χ4v) is 1.39. The number of carbonyl (C=O) groups is 2. The molecular weight excluding hydrogens is 208 g/mol. The van der Waals surface area contributed by atoms with Crippen LogP contribution in [0, 0.1) is 5.41 Å². The van der Waals surface area contributed by atoms with Crippen LogP contribution in [0.5, 0.6) is 0 Å². The monoisotopic (exact) mass is 218 g/mol. The average Bonchev–Trinajstić information content (AvgIpc) is 2.62. The Morgan fingerprint density at radius 1 is 1.12 bits per heavy atom. The van der Waals surface area contributed by atoms with Crippen LogP contribution in [0.1, 0.15) is 18.4 Å². The molecule has 0 atom stereocenters. The van der Waals surface area contributed by atoms with Crippen LogP contribution in [0.2, 0.25) is 0 Å². The Morgan fingerprint density at radius 2 is 1.69 bits per heavy atom. The van der Waals surface area contributed by atoms with Gasteiger partial charge in [-0.2, -0.15) is 0 Å². The smallest absolute Gasteiger partial charge is 0.264 e. The summed E-state index contributed by atoms with van der Waals surface area (Å²) < 4.78 is 0. The fraction of sp³-hybridized carbons (Fsp3) is 0.182. The minimum atomic E-state index is -0.398. The van der Waals surface area contributed by atoms with E-state index in [1.807, 2.05) is 6.07 Å². The summed E-state index contributed by atoms with van der Waals surface area (Å²) in [5, 5.41) is 8.27. The number of amides is 2. The van der Waals surface area contributed by atoms with Gasteiger partial charge in [-0.25, -0.2) is 0 Å². The lowest BCUT2D eigenvalue weighted by molar-refractivity contribution is -0.167. The number of nitrogens with one attached hydrogen (secondary N) is 1. The first-order chi connectivity index (χ1) is 7.68. The van der Waals surface area contributed by atoms with Gasteiger partial charge >= 0.3 is 0 Å². The Bertz CT molecular complexity index is 426. The first kappa shape index (κ1) is 10.4. The second kappa shape index (κ2) is 4.14. The van der Waals surface area contributed by atoms with E-state index in [0.29, 0.717) is 10.6 Å². The molecule has 1 aromatic carbocycles. The second-order valence-electron chi connectivity index (χ2n) is 3.37. The predicted molar refractivity (Wildman–Crippen MR) is 55.4 cm³/mol. The van der Waals surface area contributed by atoms with E-state index in [2.05, 4.69) is 0 Å². The van der Waals surface area contributed by atoms with Gasteiger partial charge in [-0.3, -0.25) is 15.0 Å². The molecule has 16 heavy (non-hydrogen) atoms. The summed E-state index contributed by atoms with van der Waals surface area (Å²) in [7, 11) is 0. The number of carbonyl (C=O) groups excluding carboxylic acids is 2. The van der Waals surface area contributed by atoms with Crippen molar-refractivity contribution in [1.29, 1.82) is 5.41 Å². The third-order valence-electron chi connectivity index (χ3n) is 2.22. The molecule has 0 aliphatic carbocycles. The number of hydrogen-bond donors (Lipinski definition) is 1. The van der Waals surface area contributed by atoms with Crippen LogP contribution >= 0.6 is 0 Å². The van der Waals surface area contributed by atoms with Gasteiger partial charge in [-0.1, -0.05) is 18.2 Å². The molecule has 5 nitrogen and oxygen atoms in total. The maximum Gasteiger partial charge on any atom is 0.264 e. The Morgan fingerprint density at radius 3 is 2.25 bits per heavy atom. The maximum atomic E-state index is 11.2. The zero-order valence-corrected chi connectivity index (χ0v) is 8.47. The van der Waals surface area contributed by atoms with Crippen LogP contribution in [-0.2, 0) is 14.4 Å². The van der Waals surface area contributed by atoms with Crippen molar-refractivity contribution in [3.8, 4) is 0 Å². The molecule has 1 N–H and O–H groups in total. The Kier molecular flexibility index (Phi) is 2.68.